The lowest BCUT2D eigenvalue weighted by molar-refractivity contribution is 0.0690. The third-order valence-electron chi connectivity index (χ3n) is 4.00. The number of aryl methyl sites for hydroxylation is 1. The first kappa shape index (κ1) is 15.9. The van der Waals surface area contributed by atoms with Gasteiger partial charge in [-0.2, -0.15) is 11.8 Å². The van der Waals surface area contributed by atoms with Crippen LogP contribution in [0.3, 0.4) is 0 Å². The molecule has 2 unspecified atom stereocenters. The molecule has 3 N–H and O–H groups in total. The van der Waals surface area contributed by atoms with Crippen LogP contribution in [0.5, 0.6) is 0 Å². The van der Waals surface area contributed by atoms with E-state index in [0.29, 0.717) is 22.1 Å². The largest absolute Gasteiger partial charge is 0.477 e. The Morgan fingerprint density at radius 3 is 2.67 bits per heavy atom. The topological polar surface area (TPSA) is 82.2 Å². The maximum atomic E-state index is 12.4. The molecule has 116 valence electrons. The van der Waals surface area contributed by atoms with Crippen molar-refractivity contribution in [1.29, 1.82) is 0 Å². The number of hydrogen-bond acceptors (Lipinski definition) is 3. The molecule has 1 aromatic rings. The second-order valence-corrected chi connectivity index (χ2v) is 7.07. The molecule has 0 aliphatic heterocycles. The Balaban J connectivity index is 2.06. The van der Waals surface area contributed by atoms with Crippen LogP contribution in [0.25, 0.3) is 0 Å². The summed E-state index contributed by atoms with van der Waals surface area (Å²) in [5, 5.41) is 12.8. The molecule has 0 radical (unpaired) electrons. The first-order chi connectivity index (χ1) is 9.93. The van der Waals surface area contributed by atoms with E-state index < -0.39 is 5.97 Å². The van der Waals surface area contributed by atoms with Crippen molar-refractivity contribution < 1.29 is 14.7 Å². The van der Waals surface area contributed by atoms with Crippen LogP contribution in [0.4, 0.5) is 0 Å². The van der Waals surface area contributed by atoms with Gasteiger partial charge in [-0.1, -0.05) is 6.92 Å². The number of thioether (sulfide) groups is 1. The average molecular weight is 310 g/mol. The number of carbonyl (C=O) groups is 2. The first-order valence-corrected chi connectivity index (χ1v) is 8.33. The monoisotopic (exact) mass is 310 g/mol. The molecular weight excluding hydrogens is 288 g/mol. The van der Waals surface area contributed by atoms with Gasteiger partial charge in [0.15, 0.2) is 0 Å². The second kappa shape index (κ2) is 6.56. The Kier molecular flexibility index (Phi) is 4.98. The summed E-state index contributed by atoms with van der Waals surface area (Å²) < 4.78 is 0. The Morgan fingerprint density at radius 1 is 1.38 bits per heavy atom. The molecule has 1 fully saturated rings. The van der Waals surface area contributed by atoms with E-state index in [1.807, 2.05) is 11.8 Å². The number of carbonyl (C=O) groups excluding carboxylic acids is 1. The van der Waals surface area contributed by atoms with E-state index in [4.69, 9.17) is 5.11 Å². The summed E-state index contributed by atoms with van der Waals surface area (Å²) in [6.45, 7) is 5.56. The third kappa shape index (κ3) is 3.43. The van der Waals surface area contributed by atoms with Crippen molar-refractivity contribution in [3.8, 4) is 0 Å². The number of aromatic carboxylic acids is 1. The summed E-state index contributed by atoms with van der Waals surface area (Å²) in [7, 11) is 0. The van der Waals surface area contributed by atoms with Crippen LogP contribution in [0.1, 0.15) is 58.3 Å². The van der Waals surface area contributed by atoms with Gasteiger partial charge in [0.25, 0.3) is 5.91 Å². The van der Waals surface area contributed by atoms with Crippen molar-refractivity contribution in [2.45, 2.75) is 51.3 Å². The quantitative estimate of drug-likeness (QED) is 0.781. The predicted octanol–water partition coefficient (Wildman–Crippen LogP) is 2.73. The number of H-pyrrole nitrogens is 1. The fourth-order valence-corrected chi connectivity index (χ4v) is 4.16. The summed E-state index contributed by atoms with van der Waals surface area (Å²) >= 11 is 1.94. The zero-order chi connectivity index (χ0) is 15.6. The van der Waals surface area contributed by atoms with Crippen molar-refractivity contribution >= 4 is 23.6 Å². The van der Waals surface area contributed by atoms with E-state index in [0.717, 1.165) is 25.0 Å². The summed E-state index contributed by atoms with van der Waals surface area (Å²) in [5.41, 5.74) is 1.69. The van der Waals surface area contributed by atoms with Crippen LogP contribution in [0, 0.1) is 13.8 Å². The molecule has 1 amide bonds. The minimum absolute atomic E-state index is 0.100. The van der Waals surface area contributed by atoms with Gasteiger partial charge >= 0.3 is 5.97 Å². The zero-order valence-electron chi connectivity index (χ0n) is 12.7. The number of carboxylic acid groups (broad SMARTS) is 1. The van der Waals surface area contributed by atoms with Gasteiger partial charge in [-0.05, 0) is 44.4 Å². The minimum atomic E-state index is -1.03. The predicted molar refractivity (Wildman–Crippen MR) is 84.3 cm³/mol. The lowest BCUT2D eigenvalue weighted by Crippen LogP contribution is -2.33. The van der Waals surface area contributed by atoms with Crippen molar-refractivity contribution in [2.75, 3.05) is 5.75 Å². The molecule has 0 aromatic carbocycles. The molecular formula is C15H22N2O3S. The molecule has 1 aliphatic carbocycles. The van der Waals surface area contributed by atoms with Crippen molar-refractivity contribution in [3.63, 3.8) is 0 Å². The highest BCUT2D eigenvalue weighted by Crippen LogP contribution is 2.30. The van der Waals surface area contributed by atoms with Crippen LogP contribution in [0.2, 0.25) is 0 Å². The number of amides is 1. The number of rotatable bonds is 5. The van der Waals surface area contributed by atoms with Gasteiger partial charge < -0.3 is 15.4 Å². The zero-order valence-corrected chi connectivity index (χ0v) is 13.5. The van der Waals surface area contributed by atoms with E-state index in [9.17, 15) is 9.59 Å². The van der Waals surface area contributed by atoms with Gasteiger partial charge in [0.05, 0.1) is 5.56 Å². The third-order valence-corrected chi connectivity index (χ3v) is 5.23. The van der Waals surface area contributed by atoms with Crippen molar-refractivity contribution in [2.24, 2.45) is 0 Å². The molecule has 1 aromatic heterocycles. The van der Waals surface area contributed by atoms with E-state index in [1.54, 1.807) is 13.8 Å². The molecule has 0 spiro atoms. The molecule has 21 heavy (non-hydrogen) atoms. The summed E-state index contributed by atoms with van der Waals surface area (Å²) in [6, 6.07) is 0.198. The average Bonchev–Trinajstić information content (AvgIpc) is 2.94. The van der Waals surface area contributed by atoms with Gasteiger partial charge in [0.1, 0.15) is 5.69 Å². The van der Waals surface area contributed by atoms with Gasteiger partial charge in [-0.25, -0.2) is 4.79 Å². The Bertz CT molecular complexity index is 553. The van der Waals surface area contributed by atoms with Gasteiger partial charge in [0.2, 0.25) is 0 Å². The van der Waals surface area contributed by atoms with Crippen LogP contribution in [0.15, 0.2) is 0 Å². The number of aromatic amines is 1. The molecule has 5 nitrogen and oxygen atoms in total. The molecule has 0 saturated heterocycles. The fourth-order valence-electron chi connectivity index (χ4n) is 3.02. The normalized spacial score (nSPS) is 21.5. The molecule has 0 bridgehead atoms. The van der Waals surface area contributed by atoms with E-state index in [2.05, 4.69) is 17.2 Å². The summed E-state index contributed by atoms with van der Waals surface area (Å²) in [4.78, 5) is 26.3. The Labute approximate surface area is 128 Å². The SMILES string of the molecule is CCSC1CCC(NC(=O)c2c(C)[nH]c(C(=O)O)c2C)C1. The lowest BCUT2D eigenvalue weighted by atomic mass is 10.1. The van der Waals surface area contributed by atoms with Crippen molar-refractivity contribution in [3.05, 3.63) is 22.5 Å². The minimum Gasteiger partial charge on any atom is -0.477 e. The molecule has 1 aliphatic rings. The smallest absolute Gasteiger partial charge is 0.352 e. The number of hydrogen-bond donors (Lipinski definition) is 3. The lowest BCUT2D eigenvalue weighted by Gasteiger charge is -2.13. The van der Waals surface area contributed by atoms with Crippen LogP contribution in [-0.4, -0.2) is 39.0 Å². The van der Waals surface area contributed by atoms with Gasteiger partial charge in [0, 0.05) is 17.0 Å². The molecule has 2 atom stereocenters. The Hall–Kier alpha value is -1.43. The van der Waals surface area contributed by atoms with Gasteiger partial charge in [-0.15, -0.1) is 0 Å². The van der Waals surface area contributed by atoms with E-state index in [1.165, 1.54) is 0 Å². The van der Waals surface area contributed by atoms with Crippen LogP contribution >= 0.6 is 11.8 Å². The molecule has 6 heteroatoms. The fraction of sp³-hybridized carbons (Fsp3) is 0.600. The number of carboxylic acids is 1. The van der Waals surface area contributed by atoms with Crippen molar-refractivity contribution in [1.82, 2.24) is 10.3 Å². The van der Waals surface area contributed by atoms with E-state index in [-0.39, 0.29) is 17.6 Å². The van der Waals surface area contributed by atoms with Gasteiger partial charge in [-0.3, -0.25) is 4.79 Å². The molecule has 1 saturated carbocycles. The van der Waals surface area contributed by atoms with E-state index >= 15 is 0 Å². The molecule has 1 heterocycles. The molecule has 2 rings (SSSR count). The summed E-state index contributed by atoms with van der Waals surface area (Å²) in [6.07, 6.45) is 3.13. The maximum Gasteiger partial charge on any atom is 0.352 e. The Morgan fingerprint density at radius 2 is 2.10 bits per heavy atom. The number of aromatic nitrogens is 1. The van der Waals surface area contributed by atoms with Crippen LogP contribution in [-0.2, 0) is 0 Å². The van der Waals surface area contributed by atoms with Crippen LogP contribution < -0.4 is 5.32 Å². The highest BCUT2D eigenvalue weighted by molar-refractivity contribution is 7.99. The highest BCUT2D eigenvalue weighted by atomic mass is 32.2. The standard InChI is InChI=1S/C15H22N2O3S/c1-4-21-11-6-5-10(7-11)17-14(18)12-8(2)13(15(19)20)16-9(12)3/h10-11,16H,4-7H2,1-3H3,(H,17,18)(H,19,20). The maximum absolute atomic E-state index is 12.4. The highest BCUT2D eigenvalue weighted by Gasteiger charge is 2.28. The first-order valence-electron chi connectivity index (χ1n) is 7.29. The summed E-state index contributed by atoms with van der Waals surface area (Å²) in [5.74, 6) is -0.0978. The second-order valence-electron chi connectivity index (χ2n) is 5.49. The number of nitrogens with one attached hydrogen (secondary N) is 2.